The van der Waals surface area contributed by atoms with Crippen LogP contribution < -0.4 is 0 Å². The summed E-state index contributed by atoms with van der Waals surface area (Å²) in [6.07, 6.45) is 5.94. The van der Waals surface area contributed by atoms with Gasteiger partial charge in [0.15, 0.2) is 0 Å². The molecule has 6 radical (unpaired) electrons. The van der Waals surface area contributed by atoms with E-state index in [-0.39, 0.29) is 0 Å². The Kier molecular flexibility index (Phi) is 114. The maximum Gasteiger partial charge on any atom is 0.281 e. The minimum absolute atomic E-state index is 1.21. The van der Waals surface area contributed by atoms with Gasteiger partial charge in [0.25, 0.3) is 20.4 Å². The van der Waals surface area contributed by atoms with Crippen LogP contribution in [0.5, 0.6) is 0 Å². The van der Waals surface area contributed by atoms with Crippen LogP contribution >= 0.6 is 0 Å². The van der Waals surface area contributed by atoms with Gasteiger partial charge in [0.2, 0.25) is 0 Å². The first-order chi connectivity index (χ1) is 6.41. The molecule has 0 bridgehead atoms. The normalized spacial score (nSPS) is 6.62. The van der Waals surface area contributed by atoms with Crippen molar-refractivity contribution in [1.82, 2.24) is 0 Å². The number of unbranched alkanes of at least 4 members (excludes halogenated alkanes) is 2. The quantitative estimate of drug-likeness (QED) is 0.529. The van der Waals surface area contributed by atoms with Crippen LogP contribution in [0.2, 0.25) is 0 Å². The molecular weight excluding hydrogens is 211 g/mol. The number of carbonyl (C=O) groups excluding carboxylic acids is 3. The fraction of sp³-hybridized carbons (Fsp3) is 0.444. The van der Waals surface area contributed by atoms with E-state index < -0.39 is 0 Å². The molecular formula is C9H11MnO3. The molecule has 0 saturated carbocycles. The van der Waals surface area contributed by atoms with E-state index in [1.165, 1.54) is 19.3 Å². The Balaban J connectivity index is -0.0000000573. The van der Waals surface area contributed by atoms with E-state index in [9.17, 15) is 0 Å². The van der Waals surface area contributed by atoms with Gasteiger partial charge in [-0.05, 0) is 0 Å². The molecule has 13 heavy (non-hydrogen) atoms. The summed E-state index contributed by atoms with van der Waals surface area (Å²) in [6.45, 7) is 15.7. The number of hydrogen-bond acceptors (Lipinski definition) is 3. The Morgan fingerprint density at radius 2 is 1.46 bits per heavy atom. The van der Waals surface area contributed by atoms with Gasteiger partial charge in [-0.3, -0.25) is 14.4 Å². The van der Waals surface area contributed by atoms with E-state index in [0.29, 0.717) is 0 Å². The Morgan fingerprint density at radius 3 is 1.69 bits per heavy atom. The van der Waals surface area contributed by atoms with Crippen molar-refractivity contribution in [2.45, 2.75) is 26.2 Å². The largest absolute Gasteiger partial charge is 0.281 e. The Labute approximate surface area is 88.4 Å². The van der Waals surface area contributed by atoms with Crippen molar-refractivity contribution in [1.29, 1.82) is 0 Å². The predicted octanol–water partition coefficient (Wildman–Crippen LogP) is 1.05. The van der Waals surface area contributed by atoms with Gasteiger partial charge in [0.05, 0.1) is 0 Å². The van der Waals surface area contributed by atoms with E-state index in [0.717, 1.165) is 0 Å². The van der Waals surface area contributed by atoms with Crippen LogP contribution in [-0.4, -0.2) is 20.4 Å². The third-order valence-corrected chi connectivity index (χ3v) is 1.09. The molecule has 3 nitrogen and oxygen atoms in total. The monoisotopic (exact) mass is 222 g/mol. The van der Waals surface area contributed by atoms with Gasteiger partial charge in [-0.25, -0.2) is 0 Å². The molecule has 0 rings (SSSR count). The Morgan fingerprint density at radius 1 is 1.08 bits per heavy atom. The molecule has 0 aliphatic heterocycles. The predicted molar refractivity (Wildman–Crippen MR) is 45.7 cm³/mol. The van der Waals surface area contributed by atoms with Crippen LogP contribution in [0.1, 0.15) is 26.2 Å². The third-order valence-electron chi connectivity index (χ3n) is 0.813. The molecule has 0 N–H and O–H groups in total. The summed E-state index contributed by atoms with van der Waals surface area (Å²) in [4.78, 5) is 24.4. The van der Waals surface area contributed by atoms with Crippen LogP contribution in [0, 0.1) is 0 Å². The van der Waals surface area contributed by atoms with Gasteiger partial charge < -0.3 is 0 Å². The van der Waals surface area contributed by atoms with Crippen LogP contribution in [0.3, 0.4) is 0 Å². The van der Waals surface area contributed by atoms with E-state index in [2.05, 4.69) is 49.4 Å². The van der Waals surface area contributed by atoms with E-state index >= 15 is 0 Å². The first-order valence-corrected chi connectivity index (χ1v) is 3.96. The summed E-state index contributed by atoms with van der Waals surface area (Å²) in [7, 11) is 0. The van der Waals surface area contributed by atoms with Gasteiger partial charge in [0, 0.05) is 0 Å². The molecule has 0 aromatic heterocycles. The molecule has 0 amide bonds. The van der Waals surface area contributed by atoms with Crippen molar-refractivity contribution in [3.05, 3.63) is 11.1 Å². The van der Waals surface area contributed by atoms with Crippen LogP contribution in [0.25, 0.3) is 0 Å². The van der Waals surface area contributed by atoms with Gasteiger partial charge in [-0.1, -0.05) is 0 Å². The Bertz CT molecular complexity index is 82.2. The van der Waals surface area contributed by atoms with Crippen LogP contribution in [-0.2, 0) is 30.4 Å². The number of hydrogen-bond donors (Lipinski definition) is 0. The fourth-order valence-electron chi connectivity index (χ4n) is 0.385. The van der Waals surface area contributed by atoms with E-state index in [1.54, 1.807) is 0 Å². The van der Waals surface area contributed by atoms with Crippen molar-refractivity contribution in [3.8, 4) is 0 Å². The maximum atomic E-state index is 7.50. The molecule has 0 heterocycles. The first kappa shape index (κ1) is 22.8. The van der Waals surface area contributed by atoms with Crippen molar-refractivity contribution >= 4 is 20.4 Å². The van der Waals surface area contributed by atoms with Gasteiger partial charge >= 0.3 is 53.2 Å². The van der Waals surface area contributed by atoms with Gasteiger partial charge in [-0.2, -0.15) is 0 Å². The molecule has 0 aromatic carbocycles. The smallest absolute Gasteiger partial charge is 0.281 e. The van der Waals surface area contributed by atoms with Crippen molar-refractivity contribution in [2.75, 3.05) is 0 Å². The SMILES string of the molecule is CCCCC=[CH][Mn].[C]=O.[C]=O.[C]=O. The minimum atomic E-state index is 1.21. The number of allylic oxidation sites excluding steroid dienone is 1. The molecule has 0 unspecified atom stereocenters. The zero-order valence-corrected chi connectivity index (χ0v) is 8.56. The zero-order valence-electron chi connectivity index (χ0n) is 7.38. The van der Waals surface area contributed by atoms with E-state index in [1.807, 2.05) is 4.97 Å². The van der Waals surface area contributed by atoms with Gasteiger partial charge in [0.1, 0.15) is 0 Å². The molecule has 72 valence electrons. The molecule has 0 aromatic rings. The summed E-state index contributed by atoms with van der Waals surface area (Å²) in [5, 5.41) is 0. The van der Waals surface area contributed by atoms with Crippen molar-refractivity contribution in [3.63, 3.8) is 0 Å². The first-order valence-electron chi connectivity index (χ1n) is 3.28. The zero-order chi connectivity index (χ0) is 11.5. The molecule has 0 saturated heterocycles. The van der Waals surface area contributed by atoms with Gasteiger partial charge in [-0.15, -0.1) is 0 Å². The molecule has 0 aliphatic carbocycles. The Hall–Kier alpha value is -0.731. The maximum absolute atomic E-state index is 7.50. The minimum Gasteiger partial charge on any atom is -0.281 e. The molecule has 0 fully saturated rings. The summed E-state index contributed by atoms with van der Waals surface area (Å²) in [5.41, 5.74) is 0. The average molecular weight is 222 g/mol. The van der Waals surface area contributed by atoms with Crippen LogP contribution in [0.4, 0.5) is 0 Å². The second-order valence-electron chi connectivity index (χ2n) is 1.50. The summed E-state index contributed by atoms with van der Waals surface area (Å²) < 4.78 is 0. The standard InChI is InChI=1S/C6H11.3CO.Mn/c1-3-5-6-4-2;3*1-2;/h1,3H,4-6H2,2H3;;;;. The topological polar surface area (TPSA) is 51.2 Å². The average Bonchev–Trinajstić information content (AvgIpc) is 2.27. The molecule has 0 aliphatic rings. The summed E-state index contributed by atoms with van der Waals surface area (Å²) in [5.74, 6) is 0. The molecule has 0 atom stereocenters. The second-order valence-corrected chi connectivity index (χ2v) is 1.90. The van der Waals surface area contributed by atoms with E-state index in [4.69, 9.17) is 14.4 Å². The molecule has 4 heteroatoms. The van der Waals surface area contributed by atoms with Crippen LogP contribution in [0.15, 0.2) is 11.1 Å². The number of rotatable bonds is 3. The molecule has 0 spiro atoms. The van der Waals surface area contributed by atoms with Crippen molar-refractivity contribution in [2.24, 2.45) is 0 Å². The third kappa shape index (κ3) is 90.6. The van der Waals surface area contributed by atoms with Crippen molar-refractivity contribution < 1.29 is 30.4 Å². The summed E-state index contributed by atoms with van der Waals surface area (Å²) >= 11 is 3.20. The second kappa shape index (κ2) is 65.2. The summed E-state index contributed by atoms with van der Waals surface area (Å²) in [6, 6.07) is 0. The fourth-order valence-corrected chi connectivity index (χ4v) is 0.582.